The van der Waals surface area contributed by atoms with Crippen LogP contribution < -0.4 is 4.74 Å². The van der Waals surface area contributed by atoms with Gasteiger partial charge in [-0.15, -0.1) is 0 Å². The Morgan fingerprint density at radius 1 is 1.09 bits per heavy atom. The number of carboxylic acids is 1. The summed E-state index contributed by atoms with van der Waals surface area (Å²) < 4.78 is 20.4. The largest absolute Gasteiger partial charge is 0.488 e. The first-order valence-electron chi connectivity index (χ1n) is 10.2. The fourth-order valence-corrected chi connectivity index (χ4v) is 4.45. The first-order chi connectivity index (χ1) is 15.4. The van der Waals surface area contributed by atoms with Gasteiger partial charge >= 0.3 is 5.97 Å². The smallest absolute Gasteiger partial charge is 0.354 e. The van der Waals surface area contributed by atoms with E-state index in [2.05, 4.69) is 20.9 Å². The van der Waals surface area contributed by atoms with Gasteiger partial charge in [0.2, 0.25) is 0 Å². The predicted octanol–water partition coefficient (Wildman–Crippen LogP) is 7.40. The quantitative estimate of drug-likeness (QED) is 0.371. The number of rotatable bonds is 6. The van der Waals surface area contributed by atoms with E-state index in [9.17, 15) is 14.3 Å². The molecule has 4 rings (SSSR count). The number of ether oxygens (including phenoxy) is 1. The average Bonchev–Trinajstić information content (AvgIpc) is 2.79. The summed E-state index contributed by atoms with van der Waals surface area (Å²) in [6.45, 7) is 0.198. The van der Waals surface area contributed by atoms with Crippen LogP contribution >= 0.6 is 27.5 Å². The Balaban J connectivity index is 1.74. The summed E-state index contributed by atoms with van der Waals surface area (Å²) in [6, 6.07) is 15.1. The molecule has 0 radical (unpaired) electrons. The van der Waals surface area contributed by atoms with Crippen LogP contribution in [0.5, 0.6) is 5.75 Å². The number of hydrogen-bond acceptors (Lipinski definition) is 3. The maximum atomic E-state index is 13.4. The van der Waals surface area contributed by atoms with Crippen LogP contribution in [0.4, 0.5) is 4.39 Å². The monoisotopic (exact) mass is 515 g/mol. The van der Waals surface area contributed by atoms with E-state index in [1.807, 2.05) is 24.3 Å². The number of pyridine rings is 1. The molecule has 0 aliphatic heterocycles. The number of benzene rings is 2. The third-order valence-corrected chi connectivity index (χ3v) is 6.26. The minimum Gasteiger partial charge on any atom is -0.488 e. The van der Waals surface area contributed by atoms with Crippen molar-refractivity contribution in [3.63, 3.8) is 0 Å². The van der Waals surface area contributed by atoms with Crippen molar-refractivity contribution in [2.45, 2.75) is 32.3 Å². The molecule has 0 saturated carbocycles. The van der Waals surface area contributed by atoms with Crippen LogP contribution in [0.25, 0.3) is 11.1 Å². The van der Waals surface area contributed by atoms with Crippen LogP contribution in [0.3, 0.4) is 0 Å². The summed E-state index contributed by atoms with van der Waals surface area (Å²) in [7, 11) is 0. The third kappa shape index (κ3) is 5.03. The van der Waals surface area contributed by atoms with Crippen molar-refractivity contribution in [2.24, 2.45) is 0 Å². The van der Waals surface area contributed by atoms with E-state index < -0.39 is 11.8 Å². The lowest BCUT2D eigenvalue weighted by molar-refractivity contribution is 0.0690. The lowest BCUT2D eigenvalue weighted by Gasteiger charge is -2.23. The van der Waals surface area contributed by atoms with Crippen molar-refractivity contribution >= 4 is 44.6 Å². The highest BCUT2D eigenvalue weighted by atomic mass is 79.9. The molecule has 3 aromatic rings. The van der Waals surface area contributed by atoms with Crippen molar-refractivity contribution in [3.05, 3.63) is 92.4 Å². The van der Waals surface area contributed by atoms with Gasteiger partial charge in [-0.25, -0.2) is 14.2 Å². The number of halogens is 3. The van der Waals surface area contributed by atoms with Crippen molar-refractivity contribution in [2.75, 3.05) is 0 Å². The van der Waals surface area contributed by atoms with E-state index in [1.54, 1.807) is 12.1 Å². The van der Waals surface area contributed by atoms with Gasteiger partial charge in [0.15, 0.2) is 0 Å². The van der Waals surface area contributed by atoms with Gasteiger partial charge in [0, 0.05) is 15.6 Å². The molecule has 1 heterocycles. The number of aromatic nitrogens is 1. The molecule has 32 heavy (non-hydrogen) atoms. The van der Waals surface area contributed by atoms with Gasteiger partial charge in [0.05, 0.1) is 10.7 Å². The highest BCUT2D eigenvalue weighted by molar-refractivity contribution is 9.10. The molecule has 164 valence electrons. The maximum absolute atomic E-state index is 13.4. The SMILES string of the molecule is O=C(O)c1cccc(C2=C(c3cc(Br)ccc3OCc3ccc(F)cc3Cl)CCCC2)n1. The van der Waals surface area contributed by atoms with E-state index in [0.717, 1.165) is 46.9 Å². The summed E-state index contributed by atoms with van der Waals surface area (Å²) in [5, 5.41) is 9.67. The molecule has 1 aromatic heterocycles. The molecule has 0 atom stereocenters. The van der Waals surface area contributed by atoms with E-state index in [0.29, 0.717) is 22.0 Å². The number of hydrogen-bond donors (Lipinski definition) is 1. The zero-order valence-corrected chi connectivity index (χ0v) is 19.4. The van der Waals surface area contributed by atoms with Crippen LogP contribution in [0.15, 0.2) is 59.1 Å². The van der Waals surface area contributed by atoms with E-state index in [4.69, 9.17) is 16.3 Å². The minimum atomic E-state index is -1.05. The fourth-order valence-electron chi connectivity index (χ4n) is 3.87. The van der Waals surface area contributed by atoms with Gasteiger partial charge in [-0.3, -0.25) is 0 Å². The standard InChI is InChI=1S/C25H20BrClFNO3/c26-16-9-11-24(32-14-15-8-10-17(28)13-21(15)27)20(12-16)18-4-1-2-5-19(18)22-6-3-7-23(29-22)25(30)31/h3,6-13H,1-2,4-5,14H2,(H,30,31). The first-order valence-corrected chi connectivity index (χ1v) is 11.4. The number of nitrogens with zero attached hydrogens (tertiary/aromatic N) is 1. The Morgan fingerprint density at radius 2 is 1.88 bits per heavy atom. The Hall–Kier alpha value is -2.70. The number of aromatic carboxylic acids is 1. The van der Waals surface area contributed by atoms with Crippen LogP contribution in [-0.2, 0) is 6.61 Å². The predicted molar refractivity (Wildman–Crippen MR) is 126 cm³/mol. The Labute approximate surface area is 198 Å². The summed E-state index contributed by atoms with van der Waals surface area (Å²) in [4.78, 5) is 15.8. The molecular weight excluding hydrogens is 497 g/mol. The van der Waals surface area contributed by atoms with E-state index >= 15 is 0 Å². The lowest BCUT2D eigenvalue weighted by Crippen LogP contribution is -2.07. The molecule has 1 N–H and O–H groups in total. The normalized spacial score (nSPS) is 13.8. The van der Waals surface area contributed by atoms with Crippen LogP contribution in [0, 0.1) is 5.82 Å². The summed E-state index contributed by atoms with van der Waals surface area (Å²) in [5.74, 6) is -0.763. The Kier molecular flexibility index (Phi) is 6.92. The maximum Gasteiger partial charge on any atom is 0.354 e. The summed E-state index contributed by atoms with van der Waals surface area (Å²) >= 11 is 9.71. The van der Waals surface area contributed by atoms with Gasteiger partial charge in [-0.05, 0) is 79.3 Å². The molecule has 1 aliphatic rings. The Morgan fingerprint density at radius 3 is 2.62 bits per heavy atom. The second-order valence-electron chi connectivity index (χ2n) is 7.54. The van der Waals surface area contributed by atoms with Crippen LogP contribution in [0.1, 0.15) is 53.0 Å². The van der Waals surface area contributed by atoms with E-state index in [1.165, 1.54) is 18.2 Å². The fraction of sp³-hybridized carbons (Fsp3) is 0.200. The van der Waals surface area contributed by atoms with Gasteiger partial charge in [-0.1, -0.05) is 39.7 Å². The van der Waals surface area contributed by atoms with Gasteiger partial charge in [0.1, 0.15) is 23.9 Å². The molecule has 2 aromatic carbocycles. The second-order valence-corrected chi connectivity index (χ2v) is 8.87. The average molecular weight is 517 g/mol. The van der Waals surface area contributed by atoms with Crippen molar-refractivity contribution in [1.82, 2.24) is 4.98 Å². The number of carboxylic acid groups (broad SMARTS) is 1. The van der Waals surface area contributed by atoms with Gasteiger partial charge in [0.25, 0.3) is 0 Å². The third-order valence-electron chi connectivity index (χ3n) is 5.41. The highest BCUT2D eigenvalue weighted by Crippen LogP contribution is 2.42. The molecular formula is C25H20BrClFNO3. The summed E-state index contributed by atoms with van der Waals surface area (Å²) in [5.41, 5.74) is 4.43. The molecule has 0 spiro atoms. The molecule has 0 unspecified atom stereocenters. The molecule has 7 heteroatoms. The lowest BCUT2D eigenvalue weighted by atomic mass is 9.85. The van der Waals surface area contributed by atoms with E-state index in [-0.39, 0.29) is 12.3 Å². The zero-order chi connectivity index (χ0) is 22.7. The number of carbonyl (C=O) groups is 1. The molecule has 0 saturated heterocycles. The molecule has 0 amide bonds. The highest BCUT2D eigenvalue weighted by Gasteiger charge is 2.21. The molecule has 4 nitrogen and oxygen atoms in total. The summed E-state index contributed by atoms with van der Waals surface area (Å²) in [6.07, 6.45) is 3.67. The molecule has 1 aliphatic carbocycles. The molecule has 0 fully saturated rings. The van der Waals surface area contributed by atoms with Crippen LogP contribution in [0.2, 0.25) is 5.02 Å². The first kappa shape index (κ1) is 22.5. The van der Waals surface area contributed by atoms with Crippen LogP contribution in [-0.4, -0.2) is 16.1 Å². The molecule has 0 bridgehead atoms. The van der Waals surface area contributed by atoms with Crippen molar-refractivity contribution in [1.29, 1.82) is 0 Å². The Bertz CT molecular complexity index is 1210. The topological polar surface area (TPSA) is 59.4 Å². The minimum absolute atomic E-state index is 0.0246. The van der Waals surface area contributed by atoms with Crippen molar-refractivity contribution < 1.29 is 19.0 Å². The second kappa shape index (κ2) is 9.84. The van der Waals surface area contributed by atoms with Crippen molar-refractivity contribution in [3.8, 4) is 5.75 Å². The number of allylic oxidation sites excluding steroid dienone is 2. The van der Waals surface area contributed by atoms with Gasteiger partial charge in [-0.2, -0.15) is 0 Å². The zero-order valence-electron chi connectivity index (χ0n) is 17.1. The van der Waals surface area contributed by atoms with Gasteiger partial charge < -0.3 is 9.84 Å².